The third-order valence-electron chi connectivity index (χ3n) is 2.54. The molecule has 1 unspecified atom stereocenters. The van der Waals surface area contributed by atoms with Crippen molar-refractivity contribution < 1.29 is 4.74 Å². The Morgan fingerprint density at radius 3 is 3.13 bits per heavy atom. The molecule has 1 fully saturated rings. The van der Waals surface area contributed by atoms with Crippen LogP contribution in [0.5, 0.6) is 0 Å². The average Bonchev–Trinajstić information content (AvgIpc) is 2.96. The molecule has 0 radical (unpaired) electrons. The van der Waals surface area contributed by atoms with Crippen LogP contribution >= 0.6 is 11.3 Å². The lowest BCUT2D eigenvalue weighted by molar-refractivity contribution is 0.172. The van der Waals surface area contributed by atoms with Gasteiger partial charge < -0.3 is 10.1 Å². The minimum absolute atomic E-state index is 0.404. The number of ether oxygens (including phenoxy) is 1. The van der Waals surface area contributed by atoms with Crippen LogP contribution in [0.25, 0.3) is 0 Å². The van der Waals surface area contributed by atoms with E-state index in [1.807, 2.05) is 17.5 Å². The van der Waals surface area contributed by atoms with Gasteiger partial charge >= 0.3 is 0 Å². The van der Waals surface area contributed by atoms with E-state index in [1.54, 1.807) is 7.11 Å². The second-order valence-electron chi connectivity index (χ2n) is 4.18. The van der Waals surface area contributed by atoms with Crippen LogP contribution in [0.15, 0.2) is 6.20 Å². The first-order chi connectivity index (χ1) is 7.29. The molecule has 1 atom stereocenters. The quantitative estimate of drug-likeness (QED) is 0.807. The molecule has 0 aromatic carbocycles. The van der Waals surface area contributed by atoms with E-state index in [0.29, 0.717) is 6.04 Å². The summed E-state index contributed by atoms with van der Waals surface area (Å²) in [6, 6.07) is 0.404. The first kappa shape index (κ1) is 11.0. The summed E-state index contributed by atoms with van der Waals surface area (Å²) in [6.07, 6.45) is 4.67. The third-order valence-corrected chi connectivity index (χ3v) is 3.70. The van der Waals surface area contributed by atoms with Gasteiger partial charge in [0.05, 0.1) is 11.6 Å². The summed E-state index contributed by atoms with van der Waals surface area (Å²) >= 11 is 1.85. The van der Waals surface area contributed by atoms with Crippen molar-refractivity contribution in [3.8, 4) is 0 Å². The van der Waals surface area contributed by atoms with Crippen LogP contribution < -0.4 is 5.32 Å². The Morgan fingerprint density at radius 2 is 2.47 bits per heavy atom. The van der Waals surface area contributed by atoms with Crippen molar-refractivity contribution in [2.75, 3.05) is 13.7 Å². The number of methoxy groups -OCH3 is 1. The molecule has 15 heavy (non-hydrogen) atoms. The highest BCUT2D eigenvalue weighted by molar-refractivity contribution is 7.11. The zero-order valence-electron chi connectivity index (χ0n) is 9.32. The van der Waals surface area contributed by atoms with Crippen LogP contribution in [0.3, 0.4) is 0 Å². The van der Waals surface area contributed by atoms with Crippen LogP contribution in [-0.4, -0.2) is 24.7 Å². The number of nitrogens with one attached hydrogen (secondary N) is 1. The molecule has 2 rings (SSSR count). The Balaban J connectivity index is 1.77. The van der Waals surface area contributed by atoms with Gasteiger partial charge in [0.25, 0.3) is 0 Å². The number of hydrogen-bond acceptors (Lipinski definition) is 4. The topological polar surface area (TPSA) is 34.1 Å². The molecule has 4 heteroatoms. The highest BCUT2D eigenvalue weighted by Crippen LogP contribution is 2.41. The third kappa shape index (κ3) is 3.26. The minimum Gasteiger partial charge on any atom is -0.383 e. The lowest BCUT2D eigenvalue weighted by Gasteiger charge is -2.10. The fraction of sp³-hybridized carbons (Fsp3) is 0.727. The Hall–Kier alpha value is -0.450. The summed E-state index contributed by atoms with van der Waals surface area (Å²) in [6.45, 7) is 3.80. The molecule has 1 saturated carbocycles. The van der Waals surface area contributed by atoms with Gasteiger partial charge in [0, 0.05) is 36.7 Å². The van der Waals surface area contributed by atoms with Gasteiger partial charge in [-0.3, -0.25) is 0 Å². The maximum absolute atomic E-state index is 5.07. The van der Waals surface area contributed by atoms with Gasteiger partial charge in [0.1, 0.15) is 0 Å². The van der Waals surface area contributed by atoms with E-state index in [-0.39, 0.29) is 0 Å². The monoisotopic (exact) mass is 226 g/mol. The highest BCUT2D eigenvalue weighted by atomic mass is 32.1. The molecule has 0 aliphatic heterocycles. The predicted molar refractivity (Wildman–Crippen MR) is 62.3 cm³/mol. The van der Waals surface area contributed by atoms with E-state index in [1.165, 1.54) is 22.7 Å². The molecule has 1 N–H and O–H groups in total. The summed E-state index contributed by atoms with van der Waals surface area (Å²) in [7, 11) is 1.73. The largest absolute Gasteiger partial charge is 0.383 e. The van der Waals surface area contributed by atoms with Crippen molar-refractivity contribution in [3.05, 3.63) is 16.1 Å². The van der Waals surface area contributed by atoms with Gasteiger partial charge in [0.2, 0.25) is 0 Å². The fourth-order valence-electron chi connectivity index (χ4n) is 1.51. The Bertz CT molecular complexity index is 309. The van der Waals surface area contributed by atoms with Crippen molar-refractivity contribution in [2.24, 2.45) is 0 Å². The number of hydrogen-bond donors (Lipinski definition) is 1. The first-order valence-corrected chi connectivity index (χ1v) is 6.28. The maximum Gasteiger partial charge on any atom is 0.0959 e. The Labute approximate surface area is 94.9 Å². The molecule has 1 heterocycles. The fourth-order valence-corrected chi connectivity index (χ4v) is 2.54. The summed E-state index contributed by atoms with van der Waals surface area (Å²) < 4.78 is 5.07. The maximum atomic E-state index is 5.07. The van der Waals surface area contributed by atoms with Crippen molar-refractivity contribution in [1.82, 2.24) is 10.3 Å². The number of rotatable bonds is 6. The second-order valence-corrected chi connectivity index (χ2v) is 5.32. The van der Waals surface area contributed by atoms with Gasteiger partial charge in [0.15, 0.2) is 0 Å². The molecular weight excluding hydrogens is 208 g/mol. The van der Waals surface area contributed by atoms with Crippen molar-refractivity contribution in [1.29, 1.82) is 0 Å². The molecule has 1 aliphatic rings. The number of thiazole rings is 1. The van der Waals surface area contributed by atoms with Crippen LogP contribution in [0.2, 0.25) is 0 Å². The van der Waals surface area contributed by atoms with E-state index in [0.717, 1.165) is 19.1 Å². The normalized spacial score (nSPS) is 18.0. The lowest BCUT2D eigenvalue weighted by atomic mass is 10.3. The molecule has 0 spiro atoms. The summed E-state index contributed by atoms with van der Waals surface area (Å²) in [5.74, 6) is 0.778. The smallest absolute Gasteiger partial charge is 0.0959 e. The standard InChI is InChI=1S/C11H18N2OS/c1-8(7-14-2)12-5-10-6-13-11(15-10)9-3-4-9/h6,8-9,12H,3-5,7H2,1-2H3. The van der Waals surface area contributed by atoms with E-state index >= 15 is 0 Å². The van der Waals surface area contributed by atoms with Crippen LogP contribution in [0, 0.1) is 0 Å². The zero-order chi connectivity index (χ0) is 10.7. The molecule has 0 saturated heterocycles. The average molecular weight is 226 g/mol. The minimum atomic E-state index is 0.404. The molecule has 1 aliphatic carbocycles. The number of aromatic nitrogens is 1. The molecular formula is C11H18N2OS. The molecule has 1 aromatic heterocycles. The van der Waals surface area contributed by atoms with Gasteiger partial charge in [-0.25, -0.2) is 4.98 Å². The molecule has 84 valence electrons. The first-order valence-electron chi connectivity index (χ1n) is 5.46. The van der Waals surface area contributed by atoms with Crippen LogP contribution in [-0.2, 0) is 11.3 Å². The molecule has 0 amide bonds. The van der Waals surface area contributed by atoms with Gasteiger partial charge in [-0.2, -0.15) is 0 Å². The molecule has 1 aromatic rings. The van der Waals surface area contributed by atoms with E-state index in [4.69, 9.17) is 4.74 Å². The SMILES string of the molecule is COCC(C)NCc1cnc(C2CC2)s1. The van der Waals surface area contributed by atoms with Crippen molar-refractivity contribution in [2.45, 2.75) is 38.3 Å². The van der Waals surface area contributed by atoms with E-state index in [9.17, 15) is 0 Å². The summed E-state index contributed by atoms with van der Waals surface area (Å²) in [5, 5.41) is 4.74. The van der Waals surface area contributed by atoms with Crippen molar-refractivity contribution >= 4 is 11.3 Å². The van der Waals surface area contributed by atoms with Gasteiger partial charge in [-0.05, 0) is 19.8 Å². The predicted octanol–water partition coefficient (Wildman–Crippen LogP) is 2.14. The number of nitrogens with zero attached hydrogens (tertiary/aromatic N) is 1. The Morgan fingerprint density at radius 1 is 1.67 bits per heavy atom. The molecule has 3 nitrogen and oxygen atoms in total. The Kier molecular flexibility index (Phi) is 3.72. The van der Waals surface area contributed by atoms with Gasteiger partial charge in [-0.15, -0.1) is 11.3 Å². The van der Waals surface area contributed by atoms with E-state index < -0.39 is 0 Å². The molecule has 0 bridgehead atoms. The summed E-state index contributed by atoms with van der Waals surface area (Å²) in [5.41, 5.74) is 0. The lowest BCUT2D eigenvalue weighted by Crippen LogP contribution is -2.29. The second kappa shape index (κ2) is 5.05. The van der Waals surface area contributed by atoms with Crippen LogP contribution in [0.1, 0.15) is 35.6 Å². The van der Waals surface area contributed by atoms with Crippen LogP contribution in [0.4, 0.5) is 0 Å². The highest BCUT2D eigenvalue weighted by Gasteiger charge is 2.26. The van der Waals surface area contributed by atoms with E-state index in [2.05, 4.69) is 17.2 Å². The van der Waals surface area contributed by atoms with Gasteiger partial charge in [-0.1, -0.05) is 0 Å². The van der Waals surface area contributed by atoms with Crippen molar-refractivity contribution in [3.63, 3.8) is 0 Å². The zero-order valence-corrected chi connectivity index (χ0v) is 10.1. The summed E-state index contributed by atoms with van der Waals surface area (Å²) in [4.78, 5) is 5.78.